The van der Waals surface area contributed by atoms with E-state index in [2.05, 4.69) is 26.3 Å². The number of benzene rings is 2. The first-order chi connectivity index (χ1) is 16.3. The summed E-state index contributed by atoms with van der Waals surface area (Å²) in [6.07, 6.45) is 0. The third kappa shape index (κ3) is 4.56. The highest BCUT2D eigenvalue weighted by molar-refractivity contribution is 9.10. The Morgan fingerprint density at radius 2 is 1.94 bits per heavy atom. The molecule has 0 atom stereocenters. The van der Waals surface area contributed by atoms with Crippen LogP contribution in [-0.4, -0.2) is 35.4 Å². The largest absolute Gasteiger partial charge is 0.497 e. The molecule has 2 heterocycles. The van der Waals surface area contributed by atoms with Crippen molar-refractivity contribution in [2.24, 2.45) is 0 Å². The Balaban J connectivity index is 1.88. The predicted octanol–water partition coefficient (Wildman–Crippen LogP) is 5.30. The van der Waals surface area contributed by atoms with Crippen molar-refractivity contribution in [3.63, 3.8) is 0 Å². The molecule has 0 aliphatic heterocycles. The number of hydrogen-bond acceptors (Lipinski definition) is 7. The monoisotopic (exact) mass is 561 g/mol. The Morgan fingerprint density at radius 3 is 2.62 bits per heavy atom. The van der Waals surface area contributed by atoms with Gasteiger partial charge < -0.3 is 14.8 Å². The number of anilines is 1. The van der Waals surface area contributed by atoms with E-state index in [1.54, 1.807) is 54.8 Å². The molecule has 0 radical (unpaired) electrons. The highest BCUT2D eigenvalue weighted by Crippen LogP contribution is 2.32. The Morgan fingerprint density at radius 1 is 1.21 bits per heavy atom. The molecule has 0 bridgehead atoms. The van der Waals surface area contributed by atoms with Crippen LogP contribution in [-0.2, 0) is 4.74 Å². The van der Waals surface area contributed by atoms with Crippen molar-refractivity contribution in [1.29, 1.82) is 0 Å². The molecule has 4 rings (SSSR count). The summed E-state index contributed by atoms with van der Waals surface area (Å²) < 4.78 is 12.1. The second-order valence-corrected chi connectivity index (χ2v) is 9.12. The van der Waals surface area contributed by atoms with Crippen molar-refractivity contribution in [3.05, 3.63) is 79.0 Å². The number of carbonyl (C=O) groups excluding carboxylic acids is 2. The number of thiophene rings is 1. The number of nitrogens with one attached hydrogen (secondary N) is 1. The predicted molar refractivity (Wildman–Crippen MR) is 135 cm³/mol. The minimum Gasteiger partial charge on any atom is -0.497 e. The fourth-order valence-corrected chi connectivity index (χ4v) is 4.73. The maximum Gasteiger partial charge on any atom is 0.359 e. The van der Waals surface area contributed by atoms with Gasteiger partial charge in [-0.3, -0.25) is 9.59 Å². The van der Waals surface area contributed by atoms with Gasteiger partial charge in [0.1, 0.15) is 10.8 Å². The minimum absolute atomic E-state index is 0.0375. The maximum atomic E-state index is 13.5. The molecule has 0 spiro atoms. The minimum atomic E-state index is -0.680. The van der Waals surface area contributed by atoms with Gasteiger partial charge in [-0.2, -0.15) is 9.78 Å². The lowest BCUT2D eigenvalue weighted by molar-refractivity contribution is 0.0520. The first kappa shape index (κ1) is 23.9. The summed E-state index contributed by atoms with van der Waals surface area (Å²) in [4.78, 5) is 39.1. The van der Waals surface area contributed by atoms with Crippen molar-refractivity contribution in [3.8, 4) is 11.4 Å². The van der Waals surface area contributed by atoms with Crippen LogP contribution in [0.5, 0.6) is 5.75 Å². The number of ether oxygens (including phenoxy) is 2. The summed E-state index contributed by atoms with van der Waals surface area (Å²) in [5, 5.41) is 9.55. The highest BCUT2D eigenvalue weighted by Gasteiger charge is 2.24. The van der Waals surface area contributed by atoms with E-state index >= 15 is 0 Å². The number of esters is 1. The average Bonchev–Trinajstić information content (AvgIpc) is 3.25. The number of nitrogens with zero attached hydrogens (tertiary/aromatic N) is 2. The molecule has 11 heteroatoms. The Kier molecular flexibility index (Phi) is 7.01. The maximum absolute atomic E-state index is 13.5. The van der Waals surface area contributed by atoms with Crippen LogP contribution in [0.25, 0.3) is 16.5 Å². The quantitative estimate of drug-likeness (QED) is 0.320. The number of methoxy groups -OCH3 is 1. The van der Waals surface area contributed by atoms with Gasteiger partial charge in [-0.15, -0.1) is 11.3 Å². The van der Waals surface area contributed by atoms with E-state index in [1.165, 1.54) is 7.11 Å². The Hall–Kier alpha value is -3.21. The van der Waals surface area contributed by atoms with Crippen molar-refractivity contribution in [2.45, 2.75) is 6.92 Å². The van der Waals surface area contributed by atoms with Gasteiger partial charge in [0.25, 0.3) is 11.5 Å². The average molecular weight is 563 g/mol. The SMILES string of the molecule is CCOC(=O)c1nn(-c2ccc(OC)cc2)c(=O)c2c(NC(=O)c3cc(Br)ccc3Cl)scc12. The number of amides is 1. The molecule has 34 heavy (non-hydrogen) atoms. The van der Waals surface area contributed by atoms with Crippen LogP contribution in [0.2, 0.25) is 5.02 Å². The summed E-state index contributed by atoms with van der Waals surface area (Å²) in [6, 6.07) is 11.5. The van der Waals surface area contributed by atoms with Gasteiger partial charge >= 0.3 is 5.97 Å². The smallest absolute Gasteiger partial charge is 0.359 e. The van der Waals surface area contributed by atoms with Gasteiger partial charge in [0.15, 0.2) is 5.69 Å². The van der Waals surface area contributed by atoms with Crippen LogP contribution in [0.4, 0.5) is 5.00 Å². The van der Waals surface area contributed by atoms with E-state index < -0.39 is 17.4 Å². The van der Waals surface area contributed by atoms with Crippen molar-refractivity contribution < 1.29 is 19.1 Å². The first-order valence-corrected chi connectivity index (χ1v) is 12.0. The van der Waals surface area contributed by atoms with Gasteiger partial charge in [0.05, 0.1) is 35.4 Å². The van der Waals surface area contributed by atoms with Crippen LogP contribution >= 0.6 is 38.9 Å². The molecule has 174 valence electrons. The zero-order valence-corrected chi connectivity index (χ0v) is 21.1. The lowest BCUT2D eigenvalue weighted by Crippen LogP contribution is -2.25. The fourth-order valence-electron chi connectivity index (χ4n) is 3.23. The number of rotatable bonds is 6. The zero-order chi connectivity index (χ0) is 24.4. The molecule has 0 saturated heterocycles. The molecule has 0 fully saturated rings. The van der Waals surface area contributed by atoms with Gasteiger partial charge in [-0.05, 0) is 49.4 Å². The van der Waals surface area contributed by atoms with E-state index in [9.17, 15) is 14.4 Å². The molecule has 1 amide bonds. The third-order valence-electron chi connectivity index (χ3n) is 4.84. The van der Waals surface area contributed by atoms with E-state index in [1.807, 2.05) is 0 Å². The van der Waals surface area contributed by atoms with Crippen molar-refractivity contribution >= 4 is 66.5 Å². The molecular formula is C23H17BrClN3O5S. The van der Waals surface area contributed by atoms with Crippen LogP contribution < -0.4 is 15.6 Å². The first-order valence-electron chi connectivity index (χ1n) is 9.96. The normalized spacial score (nSPS) is 10.8. The van der Waals surface area contributed by atoms with Gasteiger partial charge in [0, 0.05) is 15.2 Å². The van der Waals surface area contributed by atoms with Gasteiger partial charge in [-0.25, -0.2) is 4.79 Å². The second-order valence-electron chi connectivity index (χ2n) is 6.92. The number of fused-ring (bicyclic) bond motifs is 1. The lowest BCUT2D eigenvalue weighted by Gasteiger charge is -2.11. The summed E-state index contributed by atoms with van der Waals surface area (Å²) >= 11 is 10.6. The molecule has 0 unspecified atom stereocenters. The van der Waals surface area contributed by atoms with Gasteiger partial charge in [-0.1, -0.05) is 27.5 Å². The van der Waals surface area contributed by atoms with E-state index in [4.69, 9.17) is 21.1 Å². The lowest BCUT2D eigenvalue weighted by atomic mass is 10.2. The number of halogens is 2. The summed E-state index contributed by atoms with van der Waals surface area (Å²) in [7, 11) is 1.53. The molecule has 4 aromatic rings. The third-order valence-corrected chi connectivity index (χ3v) is 6.56. The van der Waals surface area contributed by atoms with Crippen LogP contribution in [0.3, 0.4) is 0 Å². The molecule has 0 aliphatic rings. The van der Waals surface area contributed by atoms with Crippen LogP contribution in [0.1, 0.15) is 27.8 Å². The fraction of sp³-hybridized carbons (Fsp3) is 0.130. The van der Waals surface area contributed by atoms with Crippen LogP contribution in [0, 0.1) is 0 Å². The molecule has 2 aromatic heterocycles. The van der Waals surface area contributed by atoms with Crippen molar-refractivity contribution in [2.75, 3.05) is 19.0 Å². The molecular weight excluding hydrogens is 546 g/mol. The zero-order valence-electron chi connectivity index (χ0n) is 17.9. The number of hydrogen-bond donors (Lipinski definition) is 1. The summed E-state index contributed by atoms with van der Waals surface area (Å²) in [6.45, 7) is 1.81. The molecule has 8 nitrogen and oxygen atoms in total. The molecule has 2 aromatic carbocycles. The topological polar surface area (TPSA) is 99.5 Å². The van der Waals surface area contributed by atoms with E-state index in [-0.39, 0.29) is 38.7 Å². The van der Waals surface area contributed by atoms with Gasteiger partial charge in [0.2, 0.25) is 0 Å². The highest BCUT2D eigenvalue weighted by atomic mass is 79.9. The Bertz CT molecular complexity index is 1470. The number of aromatic nitrogens is 2. The van der Waals surface area contributed by atoms with Crippen molar-refractivity contribution in [1.82, 2.24) is 9.78 Å². The Labute approximate surface area is 211 Å². The second kappa shape index (κ2) is 9.96. The van der Waals surface area contributed by atoms with E-state index in [0.717, 1.165) is 16.0 Å². The van der Waals surface area contributed by atoms with E-state index in [0.29, 0.717) is 15.9 Å². The standard InChI is InChI=1S/C23H17BrClN3O5S/c1-3-33-23(31)19-16-11-34-21(26-20(29)15-10-12(24)4-9-17(15)25)18(16)22(30)28(27-19)13-5-7-14(32-2)8-6-13/h4-11H,3H2,1-2H3,(H,26,29). The summed E-state index contributed by atoms with van der Waals surface area (Å²) in [5.41, 5.74) is 0.0964. The summed E-state index contributed by atoms with van der Waals surface area (Å²) in [5.74, 6) is -0.585. The molecule has 0 saturated carbocycles. The molecule has 0 aliphatic carbocycles. The molecule has 1 N–H and O–H groups in total. The van der Waals surface area contributed by atoms with Crippen LogP contribution in [0.15, 0.2) is 57.1 Å². The number of carbonyl (C=O) groups is 2.